The molecule has 0 aliphatic carbocycles. The zero-order valence-electron chi connectivity index (χ0n) is 18.7. The lowest BCUT2D eigenvalue weighted by atomic mass is 10.1. The van der Waals surface area contributed by atoms with E-state index < -0.39 is 0 Å². The molecule has 1 heterocycles. The Bertz CT molecular complexity index is 1200. The van der Waals surface area contributed by atoms with Gasteiger partial charge in [0.2, 0.25) is 0 Å². The molecule has 168 valence electrons. The number of likely N-dealkylation sites (N-methyl/N-ethyl adjacent to an activating group) is 1. The van der Waals surface area contributed by atoms with Gasteiger partial charge in [0.25, 0.3) is 11.8 Å². The highest BCUT2D eigenvalue weighted by Crippen LogP contribution is 2.18. The molecule has 0 fully saturated rings. The van der Waals surface area contributed by atoms with Crippen molar-refractivity contribution in [1.29, 1.82) is 0 Å². The predicted molar refractivity (Wildman–Crippen MR) is 130 cm³/mol. The van der Waals surface area contributed by atoms with Gasteiger partial charge in [-0.05, 0) is 51.7 Å². The van der Waals surface area contributed by atoms with Crippen LogP contribution in [0.4, 0.5) is 0 Å². The molecule has 0 aliphatic rings. The van der Waals surface area contributed by atoms with Crippen LogP contribution in [0.5, 0.6) is 0 Å². The van der Waals surface area contributed by atoms with E-state index in [0.717, 1.165) is 22.7 Å². The quantitative estimate of drug-likeness (QED) is 0.569. The van der Waals surface area contributed by atoms with Gasteiger partial charge in [0.05, 0.1) is 17.1 Å². The van der Waals surface area contributed by atoms with Gasteiger partial charge in [-0.3, -0.25) is 9.59 Å². The first-order valence-corrected chi connectivity index (χ1v) is 11.5. The fourth-order valence-electron chi connectivity index (χ4n) is 3.19. The van der Waals surface area contributed by atoms with Gasteiger partial charge in [0, 0.05) is 29.2 Å². The van der Waals surface area contributed by atoms with Crippen LogP contribution in [-0.2, 0) is 6.54 Å². The minimum atomic E-state index is -0.389. The molecule has 0 spiro atoms. The van der Waals surface area contributed by atoms with E-state index in [9.17, 15) is 9.59 Å². The van der Waals surface area contributed by atoms with E-state index in [-0.39, 0.29) is 11.8 Å². The number of aromatic nitrogens is 1. The van der Waals surface area contributed by atoms with Crippen LogP contribution in [0, 0.1) is 13.8 Å². The van der Waals surface area contributed by atoms with Crippen molar-refractivity contribution < 1.29 is 9.59 Å². The molecule has 0 radical (unpaired) electrons. The molecule has 2 amide bonds. The molecule has 3 rings (SSSR count). The van der Waals surface area contributed by atoms with E-state index in [1.807, 2.05) is 61.7 Å². The van der Waals surface area contributed by atoms with Crippen LogP contribution in [0.3, 0.4) is 0 Å². The molecule has 3 aromatic rings. The molecule has 32 heavy (non-hydrogen) atoms. The number of rotatable bonds is 7. The Labute approximate surface area is 197 Å². The summed E-state index contributed by atoms with van der Waals surface area (Å²) >= 11 is 7.62. The number of thiazole rings is 1. The lowest BCUT2D eigenvalue weighted by Gasteiger charge is -2.14. The van der Waals surface area contributed by atoms with Crippen molar-refractivity contribution in [3.05, 3.63) is 85.6 Å². The van der Waals surface area contributed by atoms with Crippen LogP contribution >= 0.6 is 22.9 Å². The van der Waals surface area contributed by atoms with E-state index in [0.29, 0.717) is 34.0 Å². The number of nitrogens with one attached hydrogen (secondary N) is 1. The number of amides is 2. The standard InChI is InChI=1S/C24H27ClN4O2S/c1-16-17(2)32-24(27-23(31)20-11-7-8-12-21(20)25)29(16)15-18-9-5-6-10-19(18)22(30)26-13-14-28(3)4/h5-12H,13-15H2,1-4H3,(H,26,30). The van der Waals surface area contributed by atoms with Crippen molar-refractivity contribution >= 4 is 34.8 Å². The fourth-order valence-corrected chi connectivity index (χ4v) is 4.38. The number of carbonyl (C=O) groups is 2. The summed E-state index contributed by atoms with van der Waals surface area (Å²) in [4.78, 5) is 33.6. The Morgan fingerprint density at radius 2 is 1.72 bits per heavy atom. The lowest BCUT2D eigenvalue weighted by Crippen LogP contribution is -2.32. The van der Waals surface area contributed by atoms with Crippen molar-refractivity contribution in [3.63, 3.8) is 0 Å². The van der Waals surface area contributed by atoms with Crippen LogP contribution in [0.15, 0.2) is 53.5 Å². The third kappa shape index (κ3) is 5.73. The Hall–Kier alpha value is -2.74. The number of hydrogen-bond donors (Lipinski definition) is 1. The van der Waals surface area contributed by atoms with Crippen molar-refractivity contribution in [3.8, 4) is 0 Å². The van der Waals surface area contributed by atoms with Crippen LogP contribution in [0.1, 0.15) is 36.9 Å². The smallest absolute Gasteiger partial charge is 0.281 e. The lowest BCUT2D eigenvalue weighted by molar-refractivity contribution is 0.0948. The molecule has 0 saturated carbocycles. The molecule has 1 aromatic heterocycles. The van der Waals surface area contributed by atoms with E-state index >= 15 is 0 Å². The normalized spacial score (nSPS) is 11.8. The highest BCUT2D eigenvalue weighted by Gasteiger charge is 2.15. The first kappa shape index (κ1) is 23.9. The van der Waals surface area contributed by atoms with Crippen LogP contribution in [-0.4, -0.2) is 48.5 Å². The van der Waals surface area contributed by atoms with Crippen molar-refractivity contribution in [2.45, 2.75) is 20.4 Å². The summed E-state index contributed by atoms with van der Waals surface area (Å²) in [7, 11) is 3.93. The molecule has 0 saturated heterocycles. The van der Waals surface area contributed by atoms with Gasteiger partial charge < -0.3 is 14.8 Å². The monoisotopic (exact) mass is 470 g/mol. The summed E-state index contributed by atoms with van der Waals surface area (Å²) in [5.74, 6) is -0.501. The summed E-state index contributed by atoms with van der Waals surface area (Å²) in [5, 5.41) is 3.34. The molecule has 0 atom stereocenters. The van der Waals surface area contributed by atoms with E-state index in [2.05, 4.69) is 10.3 Å². The van der Waals surface area contributed by atoms with Gasteiger partial charge in [-0.25, -0.2) is 0 Å². The Morgan fingerprint density at radius 3 is 2.41 bits per heavy atom. The second-order valence-electron chi connectivity index (χ2n) is 7.73. The number of benzene rings is 2. The third-order valence-electron chi connectivity index (χ3n) is 5.13. The van der Waals surface area contributed by atoms with Gasteiger partial charge in [-0.15, -0.1) is 11.3 Å². The van der Waals surface area contributed by atoms with Crippen molar-refractivity contribution in [1.82, 2.24) is 14.8 Å². The molecule has 6 nitrogen and oxygen atoms in total. The highest BCUT2D eigenvalue weighted by atomic mass is 35.5. The topological polar surface area (TPSA) is 66.7 Å². The van der Waals surface area contributed by atoms with Gasteiger partial charge in [-0.2, -0.15) is 4.99 Å². The van der Waals surface area contributed by atoms with Gasteiger partial charge in [-0.1, -0.05) is 41.9 Å². The van der Waals surface area contributed by atoms with E-state index in [4.69, 9.17) is 11.6 Å². The first-order chi connectivity index (χ1) is 15.3. The molecule has 0 bridgehead atoms. The number of aryl methyl sites for hydroxylation is 1. The number of carbonyl (C=O) groups excluding carboxylic acids is 2. The minimum absolute atomic E-state index is 0.113. The summed E-state index contributed by atoms with van der Waals surface area (Å²) in [6.07, 6.45) is 0. The average molecular weight is 471 g/mol. The summed E-state index contributed by atoms with van der Waals surface area (Å²) < 4.78 is 1.97. The Kier molecular flexibility index (Phi) is 8.01. The Morgan fingerprint density at radius 1 is 1.06 bits per heavy atom. The zero-order valence-corrected chi connectivity index (χ0v) is 20.3. The van der Waals surface area contributed by atoms with E-state index in [1.165, 1.54) is 11.3 Å². The second kappa shape index (κ2) is 10.7. The molecule has 0 unspecified atom stereocenters. The fraction of sp³-hybridized carbons (Fsp3) is 0.292. The predicted octanol–water partition coefficient (Wildman–Crippen LogP) is 3.90. The molecular formula is C24H27ClN4O2S. The maximum atomic E-state index is 12.8. The van der Waals surface area contributed by atoms with E-state index in [1.54, 1.807) is 24.3 Å². The summed E-state index contributed by atoms with van der Waals surface area (Å²) in [5.41, 5.74) is 2.85. The maximum Gasteiger partial charge on any atom is 0.281 e. The number of nitrogens with zero attached hydrogens (tertiary/aromatic N) is 3. The van der Waals surface area contributed by atoms with Gasteiger partial charge in [0.1, 0.15) is 0 Å². The minimum Gasteiger partial charge on any atom is -0.351 e. The SMILES string of the molecule is Cc1sc(=NC(=O)c2ccccc2Cl)n(Cc2ccccc2C(=O)NCCN(C)C)c1C. The molecule has 0 aliphatic heterocycles. The summed E-state index contributed by atoms with van der Waals surface area (Å²) in [6.45, 7) is 5.75. The average Bonchev–Trinajstić information content (AvgIpc) is 3.01. The second-order valence-corrected chi connectivity index (χ2v) is 9.31. The number of halogens is 1. The first-order valence-electron chi connectivity index (χ1n) is 10.3. The number of hydrogen-bond acceptors (Lipinski definition) is 4. The van der Waals surface area contributed by atoms with Crippen LogP contribution < -0.4 is 10.1 Å². The molecular weight excluding hydrogens is 444 g/mol. The van der Waals surface area contributed by atoms with Crippen LogP contribution in [0.25, 0.3) is 0 Å². The Balaban J connectivity index is 1.94. The summed E-state index contributed by atoms with van der Waals surface area (Å²) in [6, 6.07) is 14.4. The van der Waals surface area contributed by atoms with Crippen LogP contribution in [0.2, 0.25) is 5.02 Å². The largest absolute Gasteiger partial charge is 0.351 e. The zero-order chi connectivity index (χ0) is 23.3. The van der Waals surface area contributed by atoms with Gasteiger partial charge >= 0.3 is 0 Å². The third-order valence-corrected chi connectivity index (χ3v) is 6.55. The van der Waals surface area contributed by atoms with Gasteiger partial charge in [0.15, 0.2) is 4.80 Å². The molecule has 2 aromatic carbocycles. The highest BCUT2D eigenvalue weighted by molar-refractivity contribution is 7.09. The molecule has 1 N–H and O–H groups in total. The van der Waals surface area contributed by atoms with Crippen molar-refractivity contribution in [2.24, 2.45) is 4.99 Å². The van der Waals surface area contributed by atoms with Crippen molar-refractivity contribution in [2.75, 3.05) is 27.2 Å². The maximum absolute atomic E-state index is 12.8. The molecule has 8 heteroatoms.